The number of nitrogens with one attached hydrogen (secondary N) is 1. The highest BCUT2D eigenvalue weighted by atomic mass is 79.9. The summed E-state index contributed by atoms with van der Waals surface area (Å²) in [6.45, 7) is 10.8. The van der Waals surface area contributed by atoms with Crippen molar-refractivity contribution in [3.05, 3.63) is 16.4 Å². The van der Waals surface area contributed by atoms with E-state index in [0.717, 1.165) is 24.0 Å². The molecule has 0 aliphatic heterocycles. The van der Waals surface area contributed by atoms with E-state index < -0.39 is 0 Å². The van der Waals surface area contributed by atoms with Crippen molar-refractivity contribution in [2.75, 3.05) is 6.54 Å². The molecule has 2 atom stereocenters. The fourth-order valence-electron chi connectivity index (χ4n) is 1.95. The number of aryl methyl sites for hydroxylation is 1. The normalized spacial score (nSPS) is 15.1. The number of hydrogen-bond acceptors (Lipinski definition) is 2. The first-order chi connectivity index (χ1) is 7.61. The summed E-state index contributed by atoms with van der Waals surface area (Å²) >= 11 is 3.60. The standard InChI is InChI=1S/C12H22BrN3/c1-5-7-16-12(11(13)8-15-16)9(3)10(4)14-6-2/h8-10,14H,5-7H2,1-4H3. The molecule has 2 unspecified atom stereocenters. The van der Waals surface area contributed by atoms with Crippen LogP contribution in [-0.2, 0) is 6.54 Å². The van der Waals surface area contributed by atoms with Crippen LogP contribution in [0.4, 0.5) is 0 Å². The minimum absolute atomic E-state index is 0.461. The van der Waals surface area contributed by atoms with Gasteiger partial charge in [-0.3, -0.25) is 4.68 Å². The Morgan fingerprint density at radius 1 is 1.44 bits per heavy atom. The van der Waals surface area contributed by atoms with Crippen LogP contribution in [0.1, 0.15) is 45.7 Å². The molecule has 0 spiro atoms. The fraction of sp³-hybridized carbons (Fsp3) is 0.750. The summed E-state index contributed by atoms with van der Waals surface area (Å²) in [6, 6.07) is 0.466. The van der Waals surface area contributed by atoms with Crippen molar-refractivity contribution in [1.82, 2.24) is 15.1 Å². The van der Waals surface area contributed by atoms with Gasteiger partial charge < -0.3 is 5.32 Å². The Morgan fingerprint density at radius 3 is 2.69 bits per heavy atom. The van der Waals surface area contributed by atoms with E-state index >= 15 is 0 Å². The van der Waals surface area contributed by atoms with Crippen LogP contribution in [-0.4, -0.2) is 22.4 Å². The van der Waals surface area contributed by atoms with Gasteiger partial charge in [-0.2, -0.15) is 5.10 Å². The van der Waals surface area contributed by atoms with E-state index in [2.05, 4.69) is 58.7 Å². The molecule has 0 aliphatic carbocycles. The molecule has 1 N–H and O–H groups in total. The number of hydrogen-bond donors (Lipinski definition) is 1. The van der Waals surface area contributed by atoms with Crippen molar-refractivity contribution >= 4 is 15.9 Å². The van der Waals surface area contributed by atoms with Gasteiger partial charge in [-0.25, -0.2) is 0 Å². The SMILES string of the molecule is CCCn1ncc(Br)c1C(C)C(C)NCC. The highest BCUT2D eigenvalue weighted by Gasteiger charge is 2.20. The van der Waals surface area contributed by atoms with Crippen molar-refractivity contribution in [1.29, 1.82) is 0 Å². The monoisotopic (exact) mass is 287 g/mol. The first kappa shape index (κ1) is 13.7. The number of nitrogens with zero attached hydrogens (tertiary/aromatic N) is 2. The van der Waals surface area contributed by atoms with Crippen molar-refractivity contribution in [2.45, 2.75) is 52.6 Å². The molecule has 0 saturated heterocycles. The molecule has 4 heteroatoms. The Labute approximate surface area is 107 Å². The van der Waals surface area contributed by atoms with Crippen LogP contribution in [0.5, 0.6) is 0 Å². The van der Waals surface area contributed by atoms with Crippen molar-refractivity contribution in [2.24, 2.45) is 0 Å². The zero-order chi connectivity index (χ0) is 12.1. The van der Waals surface area contributed by atoms with E-state index in [4.69, 9.17) is 0 Å². The van der Waals surface area contributed by atoms with Gasteiger partial charge in [0.05, 0.1) is 16.4 Å². The van der Waals surface area contributed by atoms with Crippen LogP contribution in [0.2, 0.25) is 0 Å². The van der Waals surface area contributed by atoms with E-state index in [0.29, 0.717) is 12.0 Å². The van der Waals surface area contributed by atoms with Crippen LogP contribution in [0, 0.1) is 0 Å². The van der Waals surface area contributed by atoms with E-state index in [1.165, 1.54) is 5.69 Å². The van der Waals surface area contributed by atoms with Gasteiger partial charge in [-0.05, 0) is 35.8 Å². The second-order valence-electron chi connectivity index (χ2n) is 4.24. The lowest BCUT2D eigenvalue weighted by atomic mass is 9.99. The highest BCUT2D eigenvalue weighted by molar-refractivity contribution is 9.10. The zero-order valence-corrected chi connectivity index (χ0v) is 12.2. The van der Waals surface area contributed by atoms with E-state index in [9.17, 15) is 0 Å². The van der Waals surface area contributed by atoms with Crippen LogP contribution in [0.25, 0.3) is 0 Å². The van der Waals surface area contributed by atoms with Gasteiger partial charge in [0.25, 0.3) is 0 Å². The van der Waals surface area contributed by atoms with Crippen LogP contribution >= 0.6 is 15.9 Å². The average Bonchev–Trinajstić information content (AvgIpc) is 2.60. The third-order valence-corrected chi connectivity index (χ3v) is 3.59. The topological polar surface area (TPSA) is 29.9 Å². The summed E-state index contributed by atoms with van der Waals surface area (Å²) in [5.74, 6) is 0.461. The maximum atomic E-state index is 4.41. The van der Waals surface area contributed by atoms with E-state index in [1.807, 2.05) is 6.20 Å². The molecule has 1 aromatic rings. The van der Waals surface area contributed by atoms with Gasteiger partial charge in [0, 0.05) is 18.5 Å². The minimum Gasteiger partial charge on any atom is -0.314 e. The first-order valence-corrected chi connectivity index (χ1v) is 6.85. The van der Waals surface area contributed by atoms with Crippen molar-refractivity contribution < 1.29 is 0 Å². The van der Waals surface area contributed by atoms with Gasteiger partial charge in [0.15, 0.2) is 0 Å². The summed E-state index contributed by atoms with van der Waals surface area (Å²) in [4.78, 5) is 0. The molecule has 1 heterocycles. The summed E-state index contributed by atoms with van der Waals surface area (Å²) in [7, 11) is 0. The molecule has 0 amide bonds. The second kappa shape index (κ2) is 6.40. The van der Waals surface area contributed by atoms with Crippen molar-refractivity contribution in [3.8, 4) is 0 Å². The number of halogens is 1. The Bertz CT molecular complexity index is 322. The average molecular weight is 288 g/mol. The molecule has 1 aromatic heterocycles. The maximum Gasteiger partial charge on any atom is 0.0635 e. The fourth-order valence-corrected chi connectivity index (χ4v) is 2.61. The van der Waals surface area contributed by atoms with Crippen LogP contribution in [0.3, 0.4) is 0 Å². The molecule has 1 rings (SSSR count). The molecule has 3 nitrogen and oxygen atoms in total. The molecule has 0 bridgehead atoms. The summed E-state index contributed by atoms with van der Waals surface area (Å²) < 4.78 is 3.24. The second-order valence-corrected chi connectivity index (χ2v) is 5.09. The minimum atomic E-state index is 0.461. The van der Waals surface area contributed by atoms with E-state index in [-0.39, 0.29) is 0 Å². The maximum absolute atomic E-state index is 4.41. The van der Waals surface area contributed by atoms with E-state index in [1.54, 1.807) is 0 Å². The summed E-state index contributed by atoms with van der Waals surface area (Å²) in [5.41, 5.74) is 1.30. The van der Waals surface area contributed by atoms with Gasteiger partial charge in [0.2, 0.25) is 0 Å². The molecule has 0 fully saturated rings. The Morgan fingerprint density at radius 2 is 2.12 bits per heavy atom. The summed E-state index contributed by atoms with van der Waals surface area (Å²) in [5, 5.41) is 7.88. The molecule has 16 heavy (non-hydrogen) atoms. The quantitative estimate of drug-likeness (QED) is 0.871. The predicted molar refractivity (Wildman–Crippen MR) is 71.8 cm³/mol. The molecule has 0 aliphatic rings. The van der Waals surface area contributed by atoms with Gasteiger partial charge >= 0.3 is 0 Å². The lowest BCUT2D eigenvalue weighted by molar-refractivity contribution is 0.454. The molecule has 0 aromatic carbocycles. The number of rotatable bonds is 6. The lowest BCUT2D eigenvalue weighted by Crippen LogP contribution is -2.32. The molecule has 0 saturated carbocycles. The molecule has 92 valence electrons. The van der Waals surface area contributed by atoms with Crippen LogP contribution < -0.4 is 5.32 Å². The zero-order valence-electron chi connectivity index (χ0n) is 10.6. The predicted octanol–water partition coefficient (Wildman–Crippen LogP) is 3.16. The lowest BCUT2D eigenvalue weighted by Gasteiger charge is -2.22. The summed E-state index contributed by atoms with van der Waals surface area (Å²) in [6.07, 6.45) is 3.02. The molecular weight excluding hydrogens is 266 g/mol. The third kappa shape index (κ3) is 3.08. The van der Waals surface area contributed by atoms with Crippen LogP contribution in [0.15, 0.2) is 10.7 Å². The Hall–Kier alpha value is -0.350. The number of likely N-dealkylation sites (N-methyl/N-ethyl adjacent to an activating group) is 1. The van der Waals surface area contributed by atoms with Crippen molar-refractivity contribution in [3.63, 3.8) is 0 Å². The van der Waals surface area contributed by atoms with Gasteiger partial charge in [0.1, 0.15) is 0 Å². The van der Waals surface area contributed by atoms with Gasteiger partial charge in [-0.15, -0.1) is 0 Å². The smallest absolute Gasteiger partial charge is 0.0635 e. The Balaban J connectivity index is 2.87. The van der Waals surface area contributed by atoms with Gasteiger partial charge in [-0.1, -0.05) is 20.8 Å². The number of aromatic nitrogens is 2. The molecular formula is C12H22BrN3. The first-order valence-electron chi connectivity index (χ1n) is 6.06. The third-order valence-electron chi connectivity index (χ3n) is 2.98. The molecule has 0 radical (unpaired) electrons. The Kier molecular flexibility index (Phi) is 5.49. The largest absolute Gasteiger partial charge is 0.314 e. The highest BCUT2D eigenvalue weighted by Crippen LogP contribution is 2.27.